The fourth-order valence-electron chi connectivity index (χ4n) is 4.00. The van der Waals surface area contributed by atoms with Crippen molar-refractivity contribution in [2.75, 3.05) is 13.1 Å². The molecule has 21 heavy (non-hydrogen) atoms. The largest absolute Gasteiger partial charge is 0.293 e. The van der Waals surface area contributed by atoms with E-state index in [-0.39, 0.29) is 23.8 Å². The molecule has 5 heteroatoms. The number of halogens is 1. The van der Waals surface area contributed by atoms with E-state index in [2.05, 4.69) is 10.0 Å². The van der Waals surface area contributed by atoms with Crippen molar-refractivity contribution in [3.8, 4) is 0 Å². The van der Waals surface area contributed by atoms with Gasteiger partial charge < -0.3 is 0 Å². The molecule has 0 spiro atoms. The summed E-state index contributed by atoms with van der Waals surface area (Å²) in [5, 5.41) is 6.18. The molecule has 0 aliphatic carbocycles. The Morgan fingerprint density at radius 3 is 2.71 bits per heavy atom. The van der Waals surface area contributed by atoms with Gasteiger partial charge in [0.25, 0.3) is 0 Å². The highest BCUT2D eigenvalue weighted by Gasteiger charge is 2.50. The molecule has 0 N–H and O–H groups in total. The Bertz CT molecular complexity index is 622. The predicted octanol–water partition coefficient (Wildman–Crippen LogP) is 2.18. The lowest BCUT2D eigenvalue weighted by Gasteiger charge is -2.46. The standard InChI is InChI=1S/C16H18FN3O/c1-10(21)20-15(12-3-2-4-13(17)9-12)16-14(18-20)11-5-7-19(16)8-6-11/h2-4,9,11,15-16H,5-8H2,1H3/t15-,16-/m0/s1. The summed E-state index contributed by atoms with van der Waals surface area (Å²) >= 11 is 0. The van der Waals surface area contributed by atoms with E-state index < -0.39 is 0 Å². The minimum Gasteiger partial charge on any atom is -0.293 e. The number of fused-ring (bicyclic) bond motifs is 2. The molecule has 1 aromatic rings. The fourth-order valence-corrected chi connectivity index (χ4v) is 4.00. The molecule has 1 amide bonds. The van der Waals surface area contributed by atoms with Crippen LogP contribution in [0.3, 0.4) is 0 Å². The Labute approximate surface area is 123 Å². The third kappa shape index (κ3) is 1.91. The number of piperidine rings is 3. The highest BCUT2D eigenvalue weighted by molar-refractivity contribution is 5.97. The van der Waals surface area contributed by atoms with Crippen LogP contribution in [-0.4, -0.2) is 40.7 Å². The highest BCUT2D eigenvalue weighted by atomic mass is 19.1. The highest BCUT2D eigenvalue weighted by Crippen LogP contribution is 2.43. The van der Waals surface area contributed by atoms with Crippen molar-refractivity contribution in [1.29, 1.82) is 0 Å². The van der Waals surface area contributed by atoms with Gasteiger partial charge in [-0.1, -0.05) is 12.1 Å². The molecule has 0 saturated carbocycles. The summed E-state index contributed by atoms with van der Waals surface area (Å²) in [5.74, 6) is 0.146. The van der Waals surface area contributed by atoms with Crippen LogP contribution in [0, 0.1) is 11.7 Å². The van der Waals surface area contributed by atoms with Gasteiger partial charge in [-0.3, -0.25) is 9.69 Å². The summed E-state index contributed by atoms with van der Waals surface area (Å²) in [4.78, 5) is 14.4. The number of amides is 1. The average molecular weight is 287 g/mol. The summed E-state index contributed by atoms with van der Waals surface area (Å²) in [6.45, 7) is 3.63. The van der Waals surface area contributed by atoms with E-state index in [1.165, 1.54) is 19.1 Å². The van der Waals surface area contributed by atoms with Crippen molar-refractivity contribution in [1.82, 2.24) is 9.91 Å². The summed E-state index contributed by atoms with van der Waals surface area (Å²) < 4.78 is 13.6. The van der Waals surface area contributed by atoms with Crippen LogP contribution < -0.4 is 0 Å². The smallest absolute Gasteiger partial charge is 0.240 e. The van der Waals surface area contributed by atoms with Crippen LogP contribution >= 0.6 is 0 Å². The van der Waals surface area contributed by atoms with Crippen molar-refractivity contribution in [2.45, 2.75) is 31.8 Å². The first-order valence-electron chi connectivity index (χ1n) is 7.53. The maximum Gasteiger partial charge on any atom is 0.240 e. The Hall–Kier alpha value is -1.75. The zero-order valence-corrected chi connectivity index (χ0v) is 12.0. The second-order valence-electron chi connectivity index (χ2n) is 6.14. The van der Waals surface area contributed by atoms with E-state index >= 15 is 0 Å². The van der Waals surface area contributed by atoms with Crippen LogP contribution in [0.15, 0.2) is 29.4 Å². The van der Waals surface area contributed by atoms with Gasteiger partial charge >= 0.3 is 0 Å². The summed E-state index contributed by atoms with van der Waals surface area (Å²) in [7, 11) is 0. The summed E-state index contributed by atoms with van der Waals surface area (Å²) in [6, 6.07) is 6.51. The first kappa shape index (κ1) is 13.0. The molecule has 4 aliphatic rings. The van der Waals surface area contributed by atoms with Gasteiger partial charge in [-0.2, -0.15) is 5.10 Å². The van der Waals surface area contributed by atoms with Crippen LogP contribution in [0.1, 0.15) is 31.4 Å². The van der Waals surface area contributed by atoms with Crippen molar-refractivity contribution in [3.05, 3.63) is 35.6 Å². The number of carbonyl (C=O) groups excluding carboxylic acids is 1. The lowest BCUT2D eigenvalue weighted by Crippen LogP contribution is -2.56. The van der Waals surface area contributed by atoms with E-state index in [0.29, 0.717) is 5.92 Å². The maximum absolute atomic E-state index is 13.6. The SMILES string of the molecule is CC(=O)N1N=C2C3CCN(CC3)[C@@H]2[C@@H]1c1cccc(F)c1. The molecule has 4 heterocycles. The van der Waals surface area contributed by atoms with Crippen molar-refractivity contribution >= 4 is 11.6 Å². The molecule has 3 saturated heterocycles. The second-order valence-corrected chi connectivity index (χ2v) is 6.14. The molecule has 4 aliphatic heterocycles. The molecule has 5 rings (SSSR count). The molecule has 4 nitrogen and oxygen atoms in total. The number of carbonyl (C=O) groups is 1. The van der Waals surface area contributed by atoms with Crippen molar-refractivity contribution in [2.24, 2.45) is 11.0 Å². The molecule has 3 fully saturated rings. The third-order valence-corrected chi connectivity index (χ3v) is 4.94. The molecule has 2 bridgehead atoms. The van der Waals surface area contributed by atoms with Crippen LogP contribution in [0.25, 0.3) is 0 Å². The Morgan fingerprint density at radius 1 is 1.29 bits per heavy atom. The van der Waals surface area contributed by atoms with Gasteiger partial charge in [0.1, 0.15) is 11.9 Å². The molecule has 0 radical (unpaired) electrons. The molecular formula is C16H18FN3O. The average Bonchev–Trinajstić information content (AvgIpc) is 2.91. The third-order valence-electron chi connectivity index (χ3n) is 4.94. The summed E-state index contributed by atoms with van der Waals surface area (Å²) in [5.41, 5.74) is 1.96. The van der Waals surface area contributed by atoms with E-state index in [0.717, 1.165) is 37.2 Å². The Kier molecular flexibility index (Phi) is 2.85. The van der Waals surface area contributed by atoms with Gasteiger partial charge in [0, 0.05) is 12.8 Å². The van der Waals surface area contributed by atoms with Crippen LogP contribution in [0.5, 0.6) is 0 Å². The van der Waals surface area contributed by atoms with E-state index in [4.69, 9.17) is 0 Å². The molecule has 0 unspecified atom stereocenters. The predicted molar refractivity (Wildman–Crippen MR) is 77.2 cm³/mol. The Morgan fingerprint density at radius 2 is 2.05 bits per heavy atom. The number of hydrazone groups is 1. The molecule has 1 aromatic carbocycles. The van der Waals surface area contributed by atoms with Crippen molar-refractivity contribution in [3.63, 3.8) is 0 Å². The van der Waals surface area contributed by atoms with Gasteiger partial charge in [-0.25, -0.2) is 9.40 Å². The summed E-state index contributed by atoms with van der Waals surface area (Å²) in [6.07, 6.45) is 2.24. The van der Waals surface area contributed by atoms with Gasteiger partial charge in [-0.15, -0.1) is 0 Å². The number of nitrogens with zero attached hydrogens (tertiary/aromatic N) is 3. The quantitative estimate of drug-likeness (QED) is 0.793. The zero-order chi connectivity index (χ0) is 14.6. The maximum atomic E-state index is 13.6. The topological polar surface area (TPSA) is 35.9 Å². The van der Waals surface area contributed by atoms with Gasteiger partial charge in [0.2, 0.25) is 5.91 Å². The number of hydrogen-bond acceptors (Lipinski definition) is 3. The first-order chi connectivity index (χ1) is 10.1. The van der Waals surface area contributed by atoms with Crippen LogP contribution in [0.2, 0.25) is 0 Å². The molecule has 0 aromatic heterocycles. The monoisotopic (exact) mass is 287 g/mol. The van der Waals surface area contributed by atoms with Gasteiger partial charge in [0.05, 0.1) is 11.8 Å². The molecule has 110 valence electrons. The first-order valence-corrected chi connectivity index (χ1v) is 7.53. The van der Waals surface area contributed by atoms with Crippen molar-refractivity contribution < 1.29 is 9.18 Å². The van der Waals surface area contributed by atoms with Crippen LogP contribution in [-0.2, 0) is 4.79 Å². The Balaban J connectivity index is 1.79. The zero-order valence-electron chi connectivity index (χ0n) is 12.0. The normalized spacial score (nSPS) is 33.8. The second kappa shape index (κ2) is 4.63. The molecular weight excluding hydrogens is 269 g/mol. The lowest BCUT2D eigenvalue weighted by molar-refractivity contribution is -0.131. The lowest BCUT2D eigenvalue weighted by atomic mass is 9.78. The van der Waals surface area contributed by atoms with E-state index in [1.807, 2.05) is 6.07 Å². The number of hydrogen-bond donors (Lipinski definition) is 0. The van der Waals surface area contributed by atoms with E-state index in [1.54, 1.807) is 11.1 Å². The number of rotatable bonds is 1. The van der Waals surface area contributed by atoms with Crippen LogP contribution in [0.4, 0.5) is 4.39 Å². The minimum atomic E-state index is -0.263. The minimum absolute atomic E-state index is 0.0771. The van der Waals surface area contributed by atoms with E-state index in [9.17, 15) is 9.18 Å². The number of benzene rings is 1. The van der Waals surface area contributed by atoms with Gasteiger partial charge in [0.15, 0.2) is 0 Å². The fraction of sp³-hybridized carbons (Fsp3) is 0.500. The van der Waals surface area contributed by atoms with Gasteiger partial charge in [-0.05, 0) is 43.6 Å². The molecule has 2 atom stereocenters.